The predicted octanol–water partition coefficient (Wildman–Crippen LogP) is 3.02. The highest BCUT2D eigenvalue weighted by atomic mass is 16.6. The molecular formula is C17H27N3O2. The molecule has 0 atom stereocenters. The molecule has 0 spiro atoms. The maximum atomic E-state index is 12.2. The smallest absolute Gasteiger partial charge is 0.410 e. The third-order valence-corrected chi connectivity index (χ3v) is 3.67. The Kier molecular flexibility index (Phi) is 4.84. The lowest BCUT2D eigenvalue weighted by molar-refractivity contribution is 0.0263. The molecule has 2 N–H and O–H groups in total. The first-order valence-electron chi connectivity index (χ1n) is 7.85. The lowest BCUT2D eigenvalue weighted by atomic mass is 10.1. The number of hydrogen-bond donors (Lipinski definition) is 1. The number of rotatable bonds is 1. The number of aryl methyl sites for hydroxylation is 1. The van der Waals surface area contributed by atoms with Crippen LogP contribution >= 0.6 is 0 Å². The summed E-state index contributed by atoms with van der Waals surface area (Å²) < 4.78 is 5.46. The summed E-state index contributed by atoms with van der Waals surface area (Å²) in [6.07, 6.45) is 0.679. The van der Waals surface area contributed by atoms with Gasteiger partial charge in [-0.1, -0.05) is 6.07 Å². The lowest BCUT2D eigenvalue weighted by Crippen LogP contribution is -2.39. The van der Waals surface area contributed by atoms with E-state index in [1.54, 1.807) is 4.90 Å². The molecule has 0 bridgehead atoms. The molecule has 0 aromatic heterocycles. The number of amides is 1. The molecule has 1 aliphatic rings. The van der Waals surface area contributed by atoms with E-state index in [0.29, 0.717) is 6.54 Å². The molecule has 1 amide bonds. The molecule has 1 aliphatic heterocycles. The van der Waals surface area contributed by atoms with Crippen molar-refractivity contribution in [1.29, 1.82) is 0 Å². The van der Waals surface area contributed by atoms with Gasteiger partial charge in [-0.15, -0.1) is 0 Å². The first-order chi connectivity index (χ1) is 10.3. The largest absolute Gasteiger partial charge is 0.444 e. The lowest BCUT2D eigenvalue weighted by Gasteiger charge is -2.27. The zero-order valence-corrected chi connectivity index (χ0v) is 14.1. The normalized spacial score (nSPS) is 16.4. The molecule has 1 heterocycles. The molecule has 0 saturated carbocycles. The number of benzene rings is 1. The first kappa shape index (κ1) is 16.5. The Morgan fingerprint density at radius 2 is 1.91 bits per heavy atom. The van der Waals surface area contributed by atoms with E-state index in [1.165, 1.54) is 5.56 Å². The monoisotopic (exact) mass is 305 g/mol. The minimum atomic E-state index is -0.454. The third-order valence-electron chi connectivity index (χ3n) is 3.67. The van der Waals surface area contributed by atoms with Crippen molar-refractivity contribution in [2.75, 3.05) is 36.8 Å². The second-order valence-corrected chi connectivity index (χ2v) is 6.87. The van der Waals surface area contributed by atoms with Gasteiger partial charge in [0.15, 0.2) is 0 Å². The van der Waals surface area contributed by atoms with Gasteiger partial charge in [-0.2, -0.15) is 0 Å². The fourth-order valence-corrected chi connectivity index (χ4v) is 2.59. The van der Waals surface area contributed by atoms with Gasteiger partial charge in [0, 0.05) is 26.2 Å². The first-order valence-corrected chi connectivity index (χ1v) is 7.85. The maximum absolute atomic E-state index is 12.2. The van der Waals surface area contributed by atoms with Crippen LogP contribution in [0.5, 0.6) is 0 Å². The van der Waals surface area contributed by atoms with Gasteiger partial charge in [0.25, 0.3) is 0 Å². The minimum absolute atomic E-state index is 0.230. The molecule has 122 valence electrons. The van der Waals surface area contributed by atoms with Gasteiger partial charge in [-0.3, -0.25) is 0 Å². The Morgan fingerprint density at radius 1 is 1.18 bits per heavy atom. The predicted molar refractivity (Wildman–Crippen MR) is 90.2 cm³/mol. The zero-order valence-electron chi connectivity index (χ0n) is 14.1. The summed E-state index contributed by atoms with van der Waals surface area (Å²) in [6, 6.07) is 6.07. The number of nitrogens with two attached hydrogens (primary N) is 1. The van der Waals surface area contributed by atoms with Crippen molar-refractivity contribution in [2.24, 2.45) is 0 Å². The number of carbonyl (C=O) groups is 1. The van der Waals surface area contributed by atoms with Crippen molar-refractivity contribution in [3.8, 4) is 0 Å². The van der Waals surface area contributed by atoms with E-state index < -0.39 is 5.60 Å². The van der Waals surface area contributed by atoms with Crippen molar-refractivity contribution >= 4 is 17.5 Å². The topological polar surface area (TPSA) is 58.8 Å². The van der Waals surface area contributed by atoms with Crippen LogP contribution in [-0.4, -0.2) is 42.8 Å². The van der Waals surface area contributed by atoms with Crippen molar-refractivity contribution in [3.63, 3.8) is 0 Å². The molecule has 0 unspecified atom stereocenters. The van der Waals surface area contributed by atoms with E-state index in [4.69, 9.17) is 10.5 Å². The average molecular weight is 305 g/mol. The standard InChI is InChI=1S/C17H27N3O2/c1-13-6-7-14(18)15(12-13)19-8-5-9-20(11-10-19)16(21)22-17(2,3)4/h6-7,12H,5,8-11,18H2,1-4H3. The van der Waals surface area contributed by atoms with Gasteiger partial charge in [0.2, 0.25) is 0 Å². The quantitative estimate of drug-likeness (QED) is 0.810. The van der Waals surface area contributed by atoms with Gasteiger partial charge in [0.1, 0.15) is 5.60 Å². The van der Waals surface area contributed by atoms with Crippen molar-refractivity contribution in [3.05, 3.63) is 23.8 Å². The van der Waals surface area contributed by atoms with Crippen molar-refractivity contribution in [2.45, 2.75) is 39.7 Å². The van der Waals surface area contributed by atoms with Crippen LogP contribution in [0, 0.1) is 6.92 Å². The average Bonchev–Trinajstić information content (AvgIpc) is 2.65. The second kappa shape index (κ2) is 6.46. The zero-order chi connectivity index (χ0) is 16.3. The van der Waals surface area contributed by atoms with Gasteiger partial charge >= 0.3 is 6.09 Å². The molecule has 0 radical (unpaired) electrons. The SMILES string of the molecule is Cc1ccc(N)c(N2CCCN(C(=O)OC(C)(C)C)CC2)c1. The summed E-state index contributed by atoms with van der Waals surface area (Å²) in [4.78, 5) is 16.2. The maximum Gasteiger partial charge on any atom is 0.410 e. The number of hydrogen-bond acceptors (Lipinski definition) is 4. The van der Waals surface area contributed by atoms with Crippen LogP contribution in [-0.2, 0) is 4.74 Å². The van der Waals surface area contributed by atoms with Gasteiger partial charge in [0.05, 0.1) is 11.4 Å². The summed E-state index contributed by atoms with van der Waals surface area (Å²) in [7, 11) is 0. The number of anilines is 2. The number of nitrogens with zero attached hydrogens (tertiary/aromatic N) is 2. The Bertz CT molecular complexity index is 537. The highest BCUT2D eigenvalue weighted by Gasteiger charge is 2.24. The van der Waals surface area contributed by atoms with Gasteiger partial charge in [-0.05, 0) is 51.8 Å². The van der Waals surface area contributed by atoms with Gasteiger partial charge < -0.3 is 20.3 Å². The summed E-state index contributed by atoms with van der Waals surface area (Å²) in [5, 5.41) is 0. The van der Waals surface area contributed by atoms with E-state index in [2.05, 4.69) is 17.9 Å². The number of ether oxygens (including phenoxy) is 1. The van der Waals surface area contributed by atoms with Crippen LogP contribution in [0.15, 0.2) is 18.2 Å². The Labute approximate surface area is 133 Å². The molecule has 0 aliphatic carbocycles. The molecule has 1 fully saturated rings. The summed E-state index contributed by atoms with van der Waals surface area (Å²) in [5.41, 5.74) is 8.69. The van der Waals surface area contributed by atoms with E-state index >= 15 is 0 Å². The van der Waals surface area contributed by atoms with Crippen LogP contribution in [0.4, 0.5) is 16.2 Å². The fourth-order valence-electron chi connectivity index (χ4n) is 2.59. The van der Waals surface area contributed by atoms with Crippen molar-refractivity contribution in [1.82, 2.24) is 4.90 Å². The highest BCUT2D eigenvalue weighted by Crippen LogP contribution is 2.25. The van der Waals surface area contributed by atoms with E-state index in [-0.39, 0.29) is 6.09 Å². The molecule has 1 saturated heterocycles. The summed E-state index contributed by atoms with van der Waals surface area (Å²) in [6.45, 7) is 10.8. The Hall–Kier alpha value is -1.91. The molecule has 2 rings (SSSR count). The van der Waals surface area contributed by atoms with E-state index in [0.717, 1.165) is 37.4 Å². The summed E-state index contributed by atoms with van der Waals surface area (Å²) >= 11 is 0. The molecule has 22 heavy (non-hydrogen) atoms. The molecule has 1 aromatic carbocycles. The highest BCUT2D eigenvalue weighted by molar-refractivity contribution is 5.70. The van der Waals surface area contributed by atoms with E-state index in [1.807, 2.05) is 32.9 Å². The molecule has 5 nitrogen and oxygen atoms in total. The molecule has 1 aromatic rings. The van der Waals surface area contributed by atoms with E-state index in [9.17, 15) is 4.79 Å². The summed E-state index contributed by atoms with van der Waals surface area (Å²) in [5.74, 6) is 0. The Balaban J connectivity index is 2.03. The molecule has 5 heteroatoms. The van der Waals surface area contributed by atoms with Crippen molar-refractivity contribution < 1.29 is 9.53 Å². The Morgan fingerprint density at radius 3 is 2.59 bits per heavy atom. The van der Waals surface area contributed by atoms with Crippen LogP contribution in [0.2, 0.25) is 0 Å². The number of nitrogen functional groups attached to an aromatic ring is 1. The number of carbonyl (C=O) groups excluding carboxylic acids is 1. The van der Waals surface area contributed by atoms with Crippen LogP contribution in [0.25, 0.3) is 0 Å². The second-order valence-electron chi connectivity index (χ2n) is 6.87. The fraction of sp³-hybridized carbons (Fsp3) is 0.588. The van der Waals surface area contributed by atoms with Crippen LogP contribution in [0.3, 0.4) is 0 Å². The van der Waals surface area contributed by atoms with Crippen LogP contribution in [0.1, 0.15) is 32.8 Å². The minimum Gasteiger partial charge on any atom is -0.444 e. The molecular weight excluding hydrogens is 278 g/mol. The third kappa shape index (κ3) is 4.29. The van der Waals surface area contributed by atoms with Crippen LogP contribution < -0.4 is 10.6 Å². The van der Waals surface area contributed by atoms with Gasteiger partial charge in [-0.25, -0.2) is 4.79 Å².